The van der Waals surface area contributed by atoms with Gasteiger partial charge in [0.15, 0.2) is 0 Å². The van der Waals surface area contributed by atoms with Crippen molar-refractivity contribution in [3.8, 4) is 0 Å². The van der Waals surface area contributed by atoms with Gasteiger partial charge in [0.25, 0.3) is 0 Å². The number of nitrogens with one attached hydrogen (secondary N) is 1. The second-order valence-electron chi connectivity index (χ2n) is 5.02. The molecule has 0 aromatic carbocycles. The molecule has 2 aliphatic rings. The summed E-state index contributed by atoms with van der Waals surface area (Å²) in [7, 11) is 0. The molecule has 1 aromatic heterocycles. The molecule has 5 nitrogen and oxygen atoms in total. The van der Waals surface area contributed by atoms with Crippen LogP contribution >= 0.6 is 0 Å². The van der Waals surface area contributed by atoms with Crippen molar-refractivity contribution < 1.29 is 9.26 Å². The molecule has 94 valence electrons. The topological polar surface area (TPSA) is 60.2 Å². The van der Waals surface area contributed by atoms with Crippen molar-refractivity contribution in [2.45, 2.75) is 44.1 Å². The second-order valence-corrected chi connectivity index (χ2v) is 5.02. The van der Waals surface area contributed by atoms with E-state index in [0.717, 1.165) is 57.1 Å². The van der Waals surface area contributed by atoms with Crippen LogP contribution in [0.3, 0.4) is 0 Å². The third-order valence-corrected chi connectivity index (χ3v) is 4.03. The minimum Gasteiger partial charge on any atom is -0.370 e. The predicted molar refractivity (Wildman–Crippen MR) is 61.7 cm³/mol. The lowest BCUT2D eigenvalue weighted by Gasteiger charge is -2.20. The molecule has 17 heavy (non-hydrogen) atoms. The minimum absolute atomic E-state index is 0.0455. The Balaban J connectivity index is 1.83. The Bertz CT molecular complexity index is 379. The molecule has 0 amide bonds. The molecule has 0 spiro atoms. The highest BCUT2D eigenvalue weighted by Gasteiger charge is 2.40. The van der Waals surface area contributed by atoms with Gasteiger partial charge in [-0.3, -0.25) is 0 Å². The van der Waals surface area contributed by atoms with Crippen molar-refractivity contribution in [3.63, 3.8) is 0 Å². The Morgan fingerprint density at radius 2 is 2.47 bits per heavy atom. The van der Waals surface area contributed by atoms with Crippen LogP contribution in [0.25, 0.3) is 0 Å². The van der Waals surface area contributed by atoms with Crippen molar-refractivity contribution in [1.29, 1.82) is 0 Å². The van der Waals surface area contributed by atoms with Gasteiger partial charge in [-0.2, -0.15) is 4.98 Å². The van der Waals surface area contributed by atoms with E-state index in [1.54, 1.807) is 0 Å². The largest absolute Gasteiger partial charge is 0.370 e. The molecule has 5 heteroatoms. The van der Waals surface area contributed by atoms with E-state index in [4.69, 9.17) is 9.26 Å². The third kappa shape index (κ3) is 1.87. The van der Waals surface area contributed by atoms with Gasteiger partial charge in [-0.15, -0.1) is 0 Å². The number of nitrogens with zero attached hydrogens (tertiary/aromatic N) is 2. The van der Waals surface area contributed by atoms with Crippen LogP contribution in [0.5, 0.6) is 0 Å². The van der Waals surface area contributed by atoms with Gasteiger partial charge in [0.05, 0.1) is 5.41 Å². The van der Waals surface area contributed by atoms with Crippen LogP contribution in [0.2, 0.25) is 0 Å². The molecule has 1 N–H and O–H groups in total. The summed E-state index contributed by atoms with van der Waals surface area (Å²) in [5.74, 6) is 1.52. The third-order valence-electron chi connectivity index (χ3n) is 4.03. The zero-order valence-corrected chi connectivity index (χ0v) is 10.2. The Kier molecular flexibility index (Phi) is 2.88. The van der Waals surface area contributed by atoms with E-state index in [9.17, 15) is 0 Å². The van der Waals surface area contributed by atoms with Gasteiger partial charge in [-0.05, 0) is 32.2 Å². The normalized spacial score (nSPS) is 33.4. The fraction of sp³-hybridized carbons (Fsp3) is 0.833. The summed E-state index contributed by atoms with van der Waals surface area (Å²) in [5, 5.41) is 7.48. The zero-order chi connectivity index (χ0) is 11.7. The van der Waals surface area contributed by atoms with Gasteiger partial charge in [-0.1, -0.05) is 12.1 Å². The molecule has 0 aliphatic carbocycles. The van der Waals surface area contributed by atoms with E-state index in [-0.39, 0.29) is 11.5 Å². The zero-order valence-electron chi connectivity index (χ0n) is 10.2. The van der Waals surface area contributed by atoms with Crippen LogP contribution < -0.4 is 5.32 Å². The first-order chi connectivity index (χ1) is 8.34. The van der Waals surface area contributed by atoms with E-state index in [2.05, 4.69) is 22.4 Å². The summed E-state index contributed by atoms with van der Waals surface area (Å²) < 4.78 is 11.1. The summed E-state index contributed by atoms with van der Waals surface area (Å²) in [6, 6.07) is 0. The van der Waals surface area contributed by atoms with Crippen LogP contribution in [-0.4, -0.2) is 29.8 Å². The Morgan fingerprint density at radius 1 is 1.53 bits per heavy atom. The molecule has 3 heterocycles. The molecule has 2 aliphatic heterocycles. The Morgan fingerprint density at radius 3 is 3.12 bits per heavy atom. The van der Waals surface area contributed by atoms with E-state index in [0.29, 0.717) is 0 Å². The molecule has 0 saturated carbocycles. The molecule has 3 rings (SSSR count). The van der Waals surface area contributed by atoms with Crippen LogP contribution in [0.4, 0.5) is 0 Å². The summed E-state index contributed by atoms with van der Waals surface area (Å²) in [6.45, 7) is 4.97. The van der Waals surface area contributed by atoms with Crippen LogP contribution in [0, 0.1) is 0 Å². The lowest BCUT2D eigenvalue weighted by molar-refractivity contribution is 0.103. The number of aromatic nitrogens is 2. The van der Waals surface area contributed by atoms with Gasteiger partial charge in [-0.25, -0.2) is 0 Å². The number of ether oxygens (including phenoxy) is 1. The molecule has 2 unspecified atom stereocenters. The maximum atomic E-state index is 5.58. The number of rotatable bonds is 3. The lowest BCUT2D eigenvalue weighted by atomic mass is 9.84. The first kappa shape index (κ1) is 11.2. The standard InChI is InChI=1S/C12H19N3O2/c1-2-12(5-6-13-8-12)11-14-10(15-17-11)9-4-3-7-16-9/h9,13H,2-8H2,1H3. The Labute approximate surface area is 101 Å². The predicted octanol–water partition coefficient (Wildman–Crippen LogP) is 1.56. The first-order valence-electron chi connectivity index (χ1n) is 6.50. The van der Waals surface area contributed by atoms with Gasteiger partial charge in [0.2, 0.25) is 11.7 Å². The van der Waals surface area contributed by atoms with Crippen molar-refractivity contribution in [3.05, 3.63) is 11.7 Å². The molecular weight excluding hydrogens is 218 g/mol. The fourth-order valence-electron chi connectivity index (χ4n) is 2.74. The van der Waals surface area contributed by atoms with Gasteiger partial charge in [0, 0.05) is 13.2 Å². The fourth-order valence-corrected chi connectivity index (χ4v) is 2.74. The highest BCUT2D eigenvalue weighted by molar-refractivity contribution is 5.10. The average molecular weight is 237 g/mol. The van der Waals surface area contributed by atoms with Crippen molar-refractivity contribution in [2.75, 3.05) is 19.7 Å². The summed E-state index contributed by atoms with van der Waals surface area (Å²) >= 11 is 0. The van der Waals surface area contributed by atoms with E-state index < -0.39 is 0 Å². The molecule has 0 bridgehead atoms. The quantitative estimate of drug-likeness (QED) is 0.864. The van der Waals surface area contributed by atoms with Crippen molar-refractivity contribution in [1.82, 2.24) is 15.5 Å². The Hall–Kier alpha value is -0.940. The highest BCUT2D eigenvalue weighted by atomic mass is 16.5. The molecule has 0 radical (unpaired) electrons. The van der Waals surface area contributed by atoms with E-state index in [1.165, 1.54) is 0 Å². The van der Waals surface area contributed by atoms with Crippen LogP contribution in [-0.2, 0) is 10.2 Å². The van der Waals surface area contributed by atoms with Gasteiger partial charge >= 0.3 is 0 Å². The second kappa shape index (κ2) is 4.38. The summed E-state index contributed by atoms with van der Waals surface area (Å²) in [5.41, 5.74) is 0.0455. The average Bonchev–Trinajstić information content (AvgIpc) is 3.10. The van der Waals surface area contributed by atoms with Crippen LogP contribution in [0.15, 0.2) is 4.52 Å². The first-order valence-corrected chi connectivity index (χ1v) is 6.50. The number of hydrogen-bond donors (Lipinski definition) is 1. The minimum atomic E-state index is 0.0455. The van der Waals surface area contributed by atoms with Crippen LogP contribution in [0.1, 0.15) is 50.4 Å². The van der Waals surface area contributed by atoms with E-state index >= 15 is 0 Å². The summed E-state index contributed by atoms with van der Waals surface area (Å²) in [6.07, 6.45) is 4.27. The van der Waals surface area contributed by atoms with E-state index in [1.807, 2.05) is 0 Å². The lowest BCUT2D eigenvalue weighted by Crippen LogP contribution is -2.28. The maximum Gasteiger partial charge on any atom is 0.234 e. The van der Waals surface area contributed by atoms with Gasteiger partial charge in [0.1, 0.15) is 6.10 Å². The smallest absolute Gasteiger partial charge is 0.234 e. The molecular formula is C12H19N3O2. The van der Waals surface area contributed by atoms with Crippen molar-refractivity contribution >= 4 is 0 Å². The summed E-state index contributed by atoms with van der Waals surface area (Å²) in [4.78, 5) is 4.57. The van der Waals surface area contributed by atoms with Crippen molar-refractivity contribution in [2.24, 2.45) is 0 Å². The molecule has 2 fully saturated rings. The number of hydrogen-bond acceptors (Lipinski definition) is 5. The monoisotopic (exact) mass is 237 g/mol. The highest BCUT2D eigenvalue weighted by Crippen LogP contribution is 2.34. The molecule has 2 atom stereocenters. The molecule has 1 aromatic rings. The maximum absolute atomic E-state index is 5.58. The molecule has 2 saturated heterocycles. The SMILES string of the molecule is CCC1(c2nc(C3CCCO3)no2)CCNC1. The van der Waals surface area contributed by atoms with Gasteiger partial charge < -0.3 is 14.6 Å².